The molecule has 0 saturated heterocycles. The van der Waals surface area contributed by atoms with Crippen molar-refractivity contribution in [3.05, 3.63) is 30.0 Å². The molecule has 0 aliphatic carbocycles. The zero-order chi connectivity index (χ0) is 12.3. The molecular weight excluding hydrogens is 216 g/mol. The lowest BCUT2D eigenvalue weighted by Gasteiger charge is -2.15. The summed E-state index contributed by atoms with van der Waals surface area (Å²) < 4.78 is 0. The van der Waals surface area contributed by atoms with Crippen LogP contribution in [0.5, 0.6) is 0 Å². The van der Waals surface area contributed by atoms with Gasteiger partial charge in [-0.3, -0.25) is 9.89 Å². The van der Waals surface area contributed by atoms with E-state index in [1.54, 1.807) is 11.9 Å². The van der Waals surface area contributed by atoms with Crippen LogP contribution in [0, 0.1) is 0 Å². The van der Waals surface area contributed by atoms with Crippen LogP contribution < -0.4 is 5.73 Å². The van der Waals surface area contributed by atoms with Crippen molar-refractivity contribution >= 4 is 16.8 Å². The number of benzene rings is 1. The third-order valence-electron chi connectivity index (χ3n) is 2.72. The number of nitrogens with zero attached hydrogens (tertiary/aromatic N) is 2. The number of aromatic amines is 1. The largest absolute Gasteiger partial charge is 0.340 e. The van der Waals surface area contributed by atoms with Gasteiger partial charge in [-0.05, 0) is 19.0 Å². The van der Waals surface area contributed by atoms with Crippen LogP contribution in [0.2, 0.25) is 0 Å². The molecule has 1 aromatic heterocycles. The quantitative estimate of drug-likeness (QED) is 0.825. The number of rotatable bonds is 4. The van der Waals surface area contributed by atoms with Crippen LogP contribution in [0.3, 0.4) is 0 Å². The number of nitrogens with two attached hydrogens (primary N) is 1. The summed E-state index contributed by atoms with van der Waals surface area (Å²) in [7, 11) is 1.77. The van der Waals surface area contributed by atoms with Gasteiger partial charge in [0.15, 0.2) is 5.69 Å². The van der Waals surface area contributed by atoms with Crippen LogP contribution in [-0.2, 0) is 0 Å². The molecule has 90 valence electrons. The van der Waals surface area contributed by atoms with E-state index in [1.807, 2.05) is 24.3 Å². The average molecular weight is 232 g/mol. The first-order valence-electron chi connectivity index (χ1n) is 5.62. The standard InChI is InChI=1S/C12H16N4O/c1-16(8-4-7-13)12(17)11-9-5-2-3-6-10(9)14-15-11/h2-3,5-6H,4,7-8,13H2,1H3,(H,14,15). The summed E-state index contributed by atoms with van der Waals surface area (Å²) in [4.78, 5) is 13.8. The predicted molar refractivity (Wildman–Crippen MR) is 66.7 cm³/mol. The molecule has 0 atom stereocenters. The van der Waals surface area contributed by atoms with Crippen LogP contribution in [0.25, 0.3) is 10.9 Å². The molecule has 0 saturated carbocycles. The van der Waals surface area contributed by atoms with Crippen molar-refractivity contribution in [1.29, 1.82) is 0 Å². The van der Waals surface area contributed by atoms with Crippen LogP contribution in [0.1, 0.15) is 16.9 Å². The summed E-state index contributed by atoms with van der Waals surface area (Å²) in [6.45, 7) is 1.23. The van der Waals surface area contributed by atoms with Gasteiger partial charge in [0, 0.05) is 19.0 Å². The van der Waals surface area contributed by atoms with Crippen molar-refractivity contribution in [3.8, 4) is 0 Å². The van der Waals surface area contributed by atoms with Gasteiger partial charge in [0.2, 0.25) is 0 Å². The fraction of sp³-hybridized carbons (Fsp3) is 0.333. The Morgan fingerprint density at radius 1 is 1.47 bits per heavy atom. The first-order chi connectivity index (χ1) is 8.24. The molecule has 0 spiro atoms. The number of amides is 1. The first-order valence-corrected chi connectivity index (χ1v) is 5.62. The average Bonchev–Trinajstić information content (AvgIpc) is 2.78. The number of para-hydroxylation sites is 1. The SMILES string of the molecule is CN(CCCN)C(=O)c1n[nH]c2ccccc12. The molecule has 3 N–H and O–H groups in total. The molecular formula is C12H16N4O. The van der Waals surface area contributed by atoms with Gasteiger partial charge in [0.1, 0.15) is 0 Å². The van der Waals surface area contributed by atoms with Crippen molar-refractivity contribution in [3.63, 3.8) is 0 Å². The van der Waals surface area contributed by atoms with Gasteiger partial charge < -0.3 is 10.6 Å². The Balaban J connectivity index is 2.24. The molecule has 5 nitrogen and oxygen atoms in total. The fourth-order valence-electron chi connectivity index (χ4n) is 1.74. The molecule has 0 fully saturated rings. The van der Waals surface area contributed by atoms with Gasteiger partial charge in [-0.2, -0.15) is 5.10 Å². The number of carbonyl (C=O) groups is 1. The molecule has 2 aromatic rings. The molecule has 0 aliphatic heterocycles. The van der Waals surface area contributed by atoms with Gasteiger partial charge in [-0.1, -0.05) is 18.2 Å². The van der Waals surface area contributed by atoms with Gasteiger partial charge in [-0.15, -0.1) is 0 Å². The molecule has 0 radical (unpaired) electrons. The second-order valence-corrected chi connectivity index (χ2v) is 3.99. The van der Waals surface area contributed by atoms with Gasteiger partial charge >= 0.3 is 0 Å². The molecule has 1 amide bonds. The minimum atomic E-state index is -0.0732. The Kier molecular flexibility index (Phi) is 3.39. The number of carbonyl (C=O) groups excluding carboxylic acids is 1. The Bertz CT molecular complexity index is 520. The summed E-state index contributed by atoms with van der Waals surface area (Å²) in [5, 5.41) is 7.79. The second-order valence-electron chi connectivity index (χ2n) is 3.99. The maximum absolute atomic E-state index is 12.1. The van der Waals surface area contributed by atoms with Crippen molar-refractivity contribution in [2.75, 3.05) is 20.1 Å². The molecule has 0 unspecified atom stereocenters. The molecule has 1 heterocycles. The highest BCUT2D eigenvalue weighted by Gasteiger charge is 2.17. The van der Waals surface area contributed by atoms with Crippen molar-refractivity contribution < 1.29 is 4.79 Å². The van der Waals surface area contributed by atoms with Crippen molar-refractivity contribution in [2.24, 2.45) is 5.73 Å². The number of hydrogen-bond donors (Lipinski definition) is 2. The number of fused-ring (bicyclic) bond motifs is 1. The minimum Gasteiger partial charge on any atom is -0.340 e. The molecule has 0 bridgehead atoms. The van der Waals surface area contributed by atoms with Crippen LogP contribution in [-0.4, -0.2) is 41.1 Å². The van der Waals surface area contributed by atoms with E-state index < -0.39 is 0 Å². The van der Waals surface area contributed by atoms with E-state index in [0.29, 0.717) is 18.8 Å². The Labute approximate surface area is 99.6 Å². The summed E-state index contributed by atoms with van der Waals surface area (Å²) >= 11 is 0. The Morgan fingerprint density at radius 3 is 3.00 bits per heavy atom. The topological polar surface area (TPSA) is 75.0 Å². The maximum atomic E-state index is 12.1. The minimum absolute atomic E-state index is 0.0732. The third-order valence-corrected chi connectivity index (χ3v) is 2.72. The first kappa shape index (κ1) is 11.6. The number of nitrogens with one attached hydrogen (secondary N) is 1. The van der Waals surface area contributed by atoms with Crippen LogP contribution >= 0.6 is 0 Å². The zero-order valence-electron chi connectivity index (χ0n) is 9.81. The molecule has 1 aromatic carbocycles. The second kappa shape index (κ2) is 4.97. The highest BCUT2D eigenvalue weighted by molar-refractivity contribution is 6.04. The summed E-state index contributed by atoms with van der Waals surface area (Å²) in [5.74, 6) is -0.0732. The van der Waals surface area contributed by atoms with Crippen molar-refractivity contribution in [2.45, 2.75) is 6.42 Å². The molecule has 2 rings (SSSR count). The molecule has 5 heteroatoms. The zero-order valence-corrected chi connectivity index (χ0v) is 9.81. The van der Waals surface area contributed by atoms with E-state index in [2.05, 4.69) is 10.2 Å². The van der Waals surface area contributed by atoms with Gasteiger partial charge in [-0.25, -0.2) is 0 Å². The normalized spacial score (nSPS) is 10.7. The number of aromatic nitrogens is 2. The summed E-state index contributed by atoms with van der Waals surface area (Å²) in [6, 6.07) is 7.60. The van der Waals surface area contributed by atoms with E-state index in [4.69, 9.17) is 5.73 Å². The lowest BCUT2D eigenvalue weighted by Crippen LogP contribution is -2.29. The van der Waals surface area contributed by atoms with Gasteiger partial charge in [0.05, 0.1) is 5.52 Å². The summed E-state index contributed by atoms with van der Waals surface area (Å²) in [5.41, 5.74) is 6.78. The Morgan fingerprint density at radius 2 is 2.24 bits per heavy atom. The third kappa shape index (κ3) is 2.29. The fourth-order valence-corrected chi connectivity index (χ4v) is 1.74. The predicted octanol–water partition coefficient (Wildman–Crippen LogP) is 0.984. The Hall–Kier alpha value is -1.88. The molecule has 17 heavy (non-hydrogen) atoms. The number of hydrogen-bond acceptors (Lipinski definition) is 3. The van der Waals surface area contributed by atoms with Gasteiger partial charge in [0.25, 0.3) is 5.91 Å². The van der Waals surface area contributed by atoms with Crippen molar-refractivity contribution in [1.82, 2.24) is 15.1 Å². The molecule has 0 aliphatic rings. The van der Waals surface area contributed by atoms with E-state index in [0.717, 1.165) is 17.3 Å². The highest BCUT2D eigenvalue weighted by atomic mass is 16.2. The summed E-state index contributed by atoms with van der Waals surface area (Å²) in [6.07, 6.45) is 0.796. The van der Waals surface area contributed by atoms with E-state index in [-0.39, 0.29) is 5.91 Å². The van der Waals surface area contributed by atoms with E-state index >= 15 is 0 Å². The number of H-pyrrole nitrogens is 1. The van der Waals surface area contributed by atoms with E-state index in [9.17, 15) is 4.79 Å². The smallest absolute Gasteiger partial charge is 0.274 e. The maximum Gasteiger partial charge on any atom is 0.274 e. The van der Waals surface area contributed by atoms with Crippen LogP contribution in [0.4, 0.5) is 0 Å². The van der Waals surface area contributed by atoms with Crippen LogP contribution in [0.15, 0.2) is 24.3 Å². The lowest BCUT2D eigenvalue weighted by atomic mass is 10.2. The highest BCUT2D eigenvalue weighted by Crippen LogP contribution is 2.16. The monoisotopic (exact) mass is 232 g/mol. The van der Waals surface area contributed by atoms with E-state index in [1.165, 1.54) is 0 Å². The lowest BCUT2D eigenvalue weighted by molar-refractivity contribution is 0.0790.